The molecule has 0 amide bonds. The zero-order valence-corrected chi connectivity index (χ0v) is 14.1. The van der Waals surface area contributed by atoms with Gasteiger partial charge in [-0.3, -0.25) is 0 Å². The largest absolute Gasteiger partial charge is 0.479 e. The Hall–Kier alpha value is -1.46. The molecule has 0 bridgehead atoms. The van der Waals surface area contributed by atoms with Crippen molar-refractivity contribution in [2.75, 3.05) is 0 Å². The van der Waals surface area contributed by atoms with Crippen molar-refractivity contribution in [1.82, 2.24) is 0 Å². The van der Waals surface area contributed by atoms with Gasteiger partial charge in [0.05, 0.1) is 0 Å². The molecular weight excluding hydrogens is 392 g/mol. The number of aliphatic carboxylic acids is 2. The number of carbonyl (C=O) groups is 2. The van der Waals surface area contributed by atoms with E-state index in [0.717, 1.165) is 0 Å². The number of aliphatic hydroxyl groups is 8. The van der Waals surface area contributed by atoms with E-state index in [2.05, 4.69) is 0 Å². The topological polar surface area (TPSA) is 255 Å². The summed E-state index contributed by atoms with van der Waals surface area (Å²) < 4.78 is 9.49. The van der Waals surface area contributed by atoms with Crippen molar-refractivity contribution in [3.63, 3.8) is 0 Å². The summed E-state index contributed by atoms with van der Waals surface area (Å²) >= 11 is 0. The van der Waals surface area contributed by atoms with Gasteiger partial charge in [0.1, 0.15) is 36.6 Å². The Labute approximate surface area is 156 Å². The predicted molar refractivity (Wildman–Crippen MR) is 80.2 cm³/mol. The van der Waals surface area contributed by atoms with Gasteiger partial charge in [0.25, 0.3) is 0 Å². The number of aliphatic hydroxyl groups excluding tert-OH is 6. The molecule has 0 spiro atoms. The van der Waals surface area contributed by atoms with E-state index in [9.17, 15) is 50.4 Å². The highest BCUT2D eigenvalue weighted by Crippen LogP contribution is 2.37. The van der Waals surface area contributed by atoms with E-state index in [1.54, 1.807) is 0 Å². The summed E-state index contributed by atoms with van der Waals surface area (Å²) in [7, 11) is 0. The van der Waals surface area contributed by atoms with Gasteiger partial charge in [-0.2, -0.15) is 0 Å². The summed E-state index contributed by atoms with van der Waals surface area (Å²) in [6.07, 6.45) is -19.2. The monoisotopic (exact) mass is 414 g/mol. The average Bonchev–Trinajstić information content (AvgIpc) is 2.62. The third kappa shape index (κ3) is 3.84. The quantitative estimate of drug-likeness (QED) is 0.201. The van der Waals surface area contributed by atoms with E-state index in [4.69, 9.17) is 19.7 Å². The lowest BCUT2D eigenvalue weighted by molar-refractivity contribution is -0.368. The molecule has 0 aromatic heterocycles. The normalized spacial score (nSPS) is 49.6. The first-order chi connectivity index (χ1) is 12.7. The second kappa shape index (κ2) is 7.75. The molecule has 28 heavy (non-hydrogen) atoms. The minimum Gasteiger partial charge on any atom is -0.479 e. The smallest absolute Gasteiger partial charge is 0.335 e. The number of hydrogen-bond donors (Lipinski definition) is 10. The Morgan fingerprint density at radius 3 is 1.18 bits per heavy atom. The minimum absolute atomic E-state index is 0.940. The van der Waals surface area contributed by atoms with E-state index < -0.39 is 85.2 Å². The van der Waals surface area contributed by atoms with E-state index in [1.807, 2.05) is 0 Å². The van der Waals surface area contributed by atoms with Crippen LogP contribution in [-0.2, 0) is 19.1 Å². The molecule has 2 aliphatic heterocycles. The van der Waals surface area contributed by atoms with Crippen LogP contribution in [-0.4, -0.2) is 123 Å². The molecule has 10 atom stereocenters. The summed E-state index contributed by atoms with van der Waals surface area (Å²) in [5, 5.41) is 97.3. The molecule has 0 aliphatic carbocycles. The molecule has 0 saturated carbocycles. The Kier molecular flexibility index (Phi) is 6.32. The third-order valence-electron chi connectivity index (χ3n) is 4.88. The molecule has 2 aliphatic rings. The first-order valence-corrected chi connectivity index (χ1v) is 8.09. The molecule has 162 valence electrons. The molecule has 0 aromatic carbocycles. The molecule has 2 fully saturated rings. The summed E-state index contributed by atoms with van der Waals surface area (Å²) in [6, 6.07) is 0. The number of ether oxygens (including phenoxy) is 2. The van der Waals surface area contributed by atoms with Gasteiger partial charge in [-0.25, -0.2) is 9.59 Å². The van der Waals surface area contributed by atoms with Crippen molar-refractivity contribution >= 4 is 11.9 Å². The summed E-state index contributed by atoms with van der Waals surface area (Å²) in [5.41, 5.74) is 0. The highest BCUT2D eigenvalue weighted by Gasteiger charge is 2.59. The van der Waals surface area contributed by atoms with Gasteiger partial charge >= 0.3 is 11.9 Å². The van der Waals surface area contributed by atoms with Crippen LogP contribution in [0.1, 0.15) is 12.8 Å². The summed E-state index contributed by atoms with van der Waals surface area (Å²) in [4.78, 5) is 22.2. The fraction of sp³-hybridized carbons (Fsp3) is 0.857. The Bertz CT molecular complexity index is 561. The van der Waals surface area contributed by atoms with Gasteiger partial charge in [-0.15, -0.1) is 0 Å². The first-order valence-electron chi connectivity index (χ1n) is 8.09. The highest BCUT2D eigenvalue weighted by atomic mass is 16.7. The molecular formula is C14H22O14. The fourth-order valence-electron chi connectivity index (χ4n) is 3.15. The van der Waals surface area contributed by atoms with E-state index in [-0.39, 0.29) is 0 Å². The Morgan fingerprint density at radius 2 is 0.929 bits per heavy atom. The van der Waals surface area contributed by atoms with Crippen LogP contribution in [0.5, 0.6) is 0 Å². The summed E-state index contributed by atoms with van der Waals surface area (Å²) in [5.74, 6) is -9.29. The number of carboxylic acid groups (broad SMARTS) is 2. The highest BCUT2D eigenvalue weighted by molar-refractivity contribution is 5.74. The lowest BCUT2D eigenvalue weighted by Crippen LogP contribution is -2.68. The second-order valence-corrected chi connectivity index (χ2v) is 6.80. The van der Waals surface area contributed by atoms with E-state index >= 15 is 0 Å². The second-order valence-electron chi connectivity index (χ2n) is 6.80. The zero-order chi connectivity index (χ0) is 21.6. The van der Waals surface area contributed by atoms with Crippen LogP contribution in [0.25, 0.3) is 0 Å². The van der Waals surface area contributed by atoms with Gasteiger partial charge in [0.2, 0.25) is 0 Å². The average molecular weight is 414 g/mol. The molecule has 10 N–H and O–H groups in total. The minimum atomic E-state index is -2.86. The maximum atomic E-state index is 11.1. The number of rotatable bonds is 5. The van der Waals surface area contributed by atoms with Crippen molar-refractivity contribution in [1.29, 1.82) is 0 Å². The standard InChI is InChI=1S/C14H22O14/c15-3-5(17)9(19)13(25,27-7(3)11(21)22)1-2-14(26)10(20)6(18)4(16)8(28-14)12(23)24/h3-10,15-20,25-26H,1-2H2,(H,21,22)(H,23,24). The Morgan fingerprint density at radius 1 is 0.643 bits per heavy atom. The SMILES string of the molecule is O=C(O)C1OC(O)(CCC2(O)OC(C(=O)O)C(O)C(O)C2O)C(O)C(O)C1O. The molecule has 0 radical (unpaired) electrons. The van der Waals surface area contributed by atoms with Crippen LogP contribution < -0.4 is 0 Å². The van der Waals surface area contributed by atoms with Crippen molar-refractivity contribution in [2.24, 2.45) is 0 Å². The predicted octanol–water partition coefficient (Wildman–Crippen LogP) is -5.72. The zero-order valence-electron chi connectivity index (χ0n) is 14.1. The fourth-order valence-corrected chi connectivity index (χ4v) is 3.15. The van der Waals surface area contributed by atoms with Gasteiger partial charge < -0.3 is 60.5 Å². The summed E-state index contributed by atoms with van der Waals surface area (Å²) in [6.45, 7) is 0. The van der Waals surface area contributed by atoms with Crippen LogP contribution in [0.3, 0.4) is 0 Å². The first kappa shape index (κ1) is 22.8. The van der Waals surface area contributed by atoms with Crippen molar-refractivity contribution in [3.8, 4) is 0 Å². The van der Waals surface area contributed by atoms with Gasteiger partial charge in [-0.05, 0) is 0 Å². The Balaban J connectivity index is 2.22. The molecule has 2 saturated heterocycles. The maximum absolute atomic E-state index is 11.1. The lowest BCUT2D eigenvalue weighted by atomic mass is 9.85. The van der Waals surface area contributed by atoms with E-state index in [0.29, 0.717) is 0 Å². The van der Waals surface area contributed by atoms with Crippen LogP contribution in [0.15, 0.2) is 0 Å². The molecule has 14 heteroatoms. The van der Waals surface area contributed by atoms with Crippen LogP contribution in [0.4, 0.5) is 0 Å². The van der Waals surface area contributed by atoms with Gasteiger partial charge in [-0.1, -0.05) is 0 Å². The molecule has 14 nitrogen and oxygen atoms in total. The van der Waals surface area contributed by atoms with E-state index in [1.165, 1.54) is 0 Å². The van der Waals surface area contributed by atoms with Crippen molar-refractivity contribution in [3.05, 3.63) is 0 Å². The maximum Gasteiger partial charge on any atom is 0.335 e. The van der Waals surface area contributed by atoms with Crippen molar-refractivity contribution < 1.29 is 70.1 Å². The van der Waals surface area contributed by atoms with Crippen LogP contribution in [0.2, 0.25) is 0 Å². The van der Waals surface area contributed by atoms with Gasteiger partial charge in [0, 0.05) is 12.8 Å². The molecule has 0 aromatic rings. The molecule has 2 rings (SSSR count). The third-order valence-corrected chi connectivity index (χ3v) is 4.88. The van der Waals surface area contributed by atoms with Gasteiger partial charge in [0.15, 0.2) is 23.8 Å². The lowest BCUT2D eigenvalue weighted by Gasteiger charge is -2.48. The molecule has 2 heterocycles. The van der Waals surface area contributed by atoms with Crippen LogP contribution >= 0.6 is 0 Å². The number of hydrogen-bond acceptors (Lipinski definition) is 12. The van der Waals surface area contributed by atoms with Crippen molar-refractivity contribution in [2.45, 2.75) is 73.2 Å². The molecule has 10 unspecified atom stereocenters. The number of carboxylic acids is 2. The van der Waals surface area contributed by atoms with Crippen LogP contribution in [0, 0.1) is 0 Å².